The van der Waals surface area contributed by atoms with Gasteiger partial charge in [-0.1, -0.05) is 24.3 Å². The molecule has 0 spiro atoms. The predicted molar refractivity (Wildman–Crippen MR) is 95.2 cm³/mol. The second-order valence-corrected chi connectivity index (χ2v) is 5.74. The Morgan fingerprint density at radius 1 is 1.00 bits per heavy atom. The number of halogens is 4. The van der Waals surface area contributed by atoms with E-state index in [9.17, 15) is 22.4 Å². The second-order valence-electron chi connectivity index (χ2n) is 5.74. The van der Waals surface area contributed by atoms with Gasteiger partial charge in [0.05, 0.1) is 11.3 Å². The molecule has 2 aromatic carbocycles. The van der Waals surface area contributed by atoms with E-state index in [4.69, 9.17) is 0 Å². The summed E-state index contributed by atoms with van der Waals surface area (Å²) in [4.78, 5) is 20.3. The molecular formula is C19H14F4N4O. The normalized spacial score (nSPS) is 11.1. The molecule has 144 valence electrons. The number of rotatable bonds is 5. The number of amides is 1. The molecule has 0 bridgehead atoms. The molecule has 1 heterocycles. The number of benzene rings is 2. The van der Waals surface area contributed by atoms with Crippen molar-refractivity contribution in [2.24, 2.45) is 0 Å². The zero-order chi connectivity index (χ0) is 20.1. The van der Waals surface area contributed by atoms with Crippen LogP contribution in [0.3, 0.4) is 0 Å². The van der Waals surface area contributed by atoms with Crippen molar-refractivity contribution >= 4 is 17.5 Å². The summed E-state index contributed by atoms with van der Waals surface area (Å²) in [5.74, 6) is -1.05. The highest BCUT2D eigenvalue weighted by Crippen LogP contribution is 2.34. The molecular weight excluding hydrogens is 376 g/mol. The van der Waals surface area contributed by atoms with E-state index in [-0.39, 0.29) is 29.7 Å². The fraction of sp³-hybridized carbons (Fsp3) is 0.105. The molecule has 3 aromatic rings. The molecule has 0 aliphatic carbocycles. The first-order valence-corrected chi connectivity index (χ1v) is 8.12. The van der Waals surface area contributed by atoms with Crippen molar-refractivity contribution in [1.82, 2.24) is 9.97 Å². The fourth-order valence-corrected chi connectivity index (χ4v) is 2.38. The molecule has 1 amide bonds. The van der Waals surface area contributed by atoms with E-state index in [0.29, 0.717) is 0 Å². The van der Waals surface area contributed by atoms with Crippen LogP contribution >= 0.6 is 0 Å². The quantitative estimate of drug-likeness (QED) is 0.630. The molecule has 0 saturated carbocycles. The van der Waals surface area contributed by atoms with Crippen LogP contribution in [0.1, 0.15) is 21.6 Å². The lowest BCUT2D eigenvalue weighted by Gasteiger charge is -2.13. The minimum atomic E-state index is -4.60. The average Bonchev–Trinajstić information content (AvgIpc) is 2.67. The molecule has 1 aromatic heterocycles. The number of hydrogen-bond donors (Lipinski definition) is 2. The van der Waals surface area contributed by atoms with Crippen molar-refractivity contribution in [2.45, 2.75) is 12.7 Å². The van der Waals surface area contributed by atoms with Crippen LogP contribution in [0, 0.1) is 5.82 Å². The van der Waals surface area contributed by atoms with Gasteiger partial charge in [0.15, 0.2) is 0 Å². The Kier molecular flexibility index (Phi) is 5.53. The maximum Gasteiger partial charge on any atom is 0.418 e. The summed E-state index contributed by atoms with van der Waals surface area (Å²) in [5.41, 5.74) is -0.654. The Bertz CT molecular complexity index is 974. The van der Waals surface area contributed by atoms with Crippen LogP contribution in [0.25, 0.3) is 0 Å². The van der Waals surface area contributed by atoms with Gasteiger partial charge >= 0.3 is 6.18 Å². The third-order valence-electron chi connectivity index (χ3n) is 3.73. The summed E-state index contributed by atoms with van der Waals surface area (Å²) >= 11 is 0. The van der Waals surface area contributed by atoms with Crippen LogP contribution in [0.2, 0.25) is 0 Å². The molecule has 2 N–H and O–H groups in total. The first kappa shape index (κ1) is 19.3. The van der Waals surface area contributed by atoms with Gasteiger partial charge in [-0.3, -0.25) is 4.79 Å². The van der Waals surface area contributed by atoms with Crippen molar-refractivity contribution in [3.05, 3.63) is 83.4 Å². The topological polar surface area (TPSA) is 66.9 Å². The van der Waals surface area contributed by atoms with E-state index in [0.717, 1.165) is 17.7 Å². The van der Waals surface area contributed by atoms with Crippen molar-refractivity contribution in [3.8, 4) is 0 Å². The van der Waals surface area contributed by atoms with Gasteiger partial charge in [0.2, 0.25) is 5.95 Å². The highest BCUT2D eigenvalue weighted by atomic mass is 19.4. The minimum Gasteiger partial charge on any atom is -0.350 e. The third kappa shape index (κ3) is 4.81. The Morgan fingerprint density at radius 3 is 2.43 bits per heavy atom. The van der Waals surface area contributed by atoms with Crippen LogP contribution < -0.4 is 10.6 Å². The first-order valence-electron chi connectivity index (χ1n) is 8.12. The van der Waals surface area contributed by atoms with Crippen LogP contribution in [0.5, 0.6) is 0 Å². The molecule has 0 unspecified atom stereocenters. The van der Waals surface area contributed by atoms with E-state index >= 15 is 0 Å². The smallest absolute Gasteiger partial charge is 0.350 e. The molecule has 5 nitrogen and oxygen atoms in total. The van der Waals surface area contributed by atoms with Crippen molar-refractivity contribution < 1.29 is 22.4 Å². The Morgan fingerprint density at radius 2 is 1.71 bits per heavy atom. The van der Waals surface area contributed by atoms with E-state index in [2.05, 4.69) is 20.6 Å². The number of hydrogen-bond acceptors (Lipinski definition) is 4. The molecule has 0 saturated heterocycles. The SMILES string of the molecule is O=C(Nc1ccccc1C(F)(F)F)c1ccnc(NCc2ccc(F)cc2)n1. The van der Waals surface area contributed by atoms with Gasteiger partial charge in [0.1, 0.15) is 11.5 Å². The van der Waals surface area contributed by atoms with Crippen molar-refractivity contribution in [2.75, 3.05) is 10.6 Å². The number of anilines is 2. The second kappa shape index (κ2) is 8.03. The number of carbonyl (C=O) groups excluding carboxylic acids is 1. The predicted octanol–water partition coefficient (Wildman–Crippen LogP) is 4.50. The molecule has 3 rings (SSSR count). The molecule has 0 fully saturated rings. The zero-order valence-corrected chi connectivity index (χ0v) is 14.3. The molecule has 0 aliphatic heterocycles. The lowest BCUT2D eigenvalue weighted by molar-refractivity contribution is -0.136. The summed E-state index contributed by atoms with van der Waals surface area (Å²) < 4.78 is 52.0. The monoisotopic (exact) mass is 390 g/mol. The summed E-state index contributed by atoms with van der Waals surface area (Å²) in [6.07, 6.45) is -3.29. The van der Waals surface area contributed by atoms with Gasteiger partial charge in [-0.25, -0.2) is 14.4 Å². The van der Waals surface area contributed by atoms with Gasteiger partial charge in [-0.2, -0.15) is 13.2 Å². The maximum absolute atomic E-state index is 13.0. The molecule has 9 heteroatoms. The largest absolute Gasteiger partial charge is 0.418 e. The number of alkyl halides is 3. The van der Waals surface area contributed by atoms with Crippen LogP contribution in [0.15, 0.2) is 60.8 Å². The number of aromatic nitrogens is 2. The van der Waals surface area contributed by atoms with Crippen LogP contribution in [-0.4, -0.2) is 15.9 Å². The van der Waals surface area contributed by atoms with Gasteiger partial charge in [-0.05, 0) is 35.9 Å². The standard InChI is InChI=1S/C19H14F4N4O/c20-13-7-5-12(6-8-13)11-25-18-24-10-9-16(27-18)17(28)26-15-4-2-1-3-14(15)19(21,22)23/h1-10H,11H2,(H,26,28)(H,24,25,27). The molecule has 0 radical (unpaired) electrons. The highest BCUT2D eigenvalue weighted by molar-refractivity contribution is 6.03. The third-order valence-corrected chi connectivity index (χ3v) is 3.73. The van der Waals surface area contributed by atoms with E-state index < -0.39 is 17.6 Å². The molecule has 0 aliphatic rings. The minimum absolute atomic E-state index is 0.103. The first-order chi connectivity index (χ1) is 13.3. The zero-order valence-electron chi connectivity index (χ0n) is 14.3. The lowest BCUT2D eigenvalue weighted by Crippen LogP contribution is -2.18. The summed E-state index contributed by atoms with van der Waals surface area (Å²) in [6, 6.07) is 11.7. The van der Waals surface area contributed by atoms with Gasteiger partial charge in [-0.15, -0.1) is 0 Å². The van der Waals surface area contributed by atoms with E-state index in [1.807, 2.05) is 0 Å². The summed E-state index contributed by atoms with van der Waals surface area (Å²) in [5, 5.41) is 5.09. The lowest BCUT2D eigenvalue weighted by atomic mass is 10.1. The number of carbonyl (C=O) groups is 1. The summed E-state index contributed by atoms with van der Waals surface area (Å²) in [7, 11) is 0. The summed E-state index contributed by atoms with van der Waals surface area (Å²) in [6.45, 7) is 0.280. The number of nitrogens with zero attached hydrogens (tertiary/aromatic N) is 2. The van der Waals surface area contributed by atoms with Crippen LogP contribution in [-0.2, 0) is 12.7 Å². The van der Waals surface area contributed by atoms with Crippen LogP contribution in [0.4, 0.5) is 29.2 Å². The van der Waals surface area contributed by atoms with Gasteiger partial charge in [0.25, 0.3) is 5.91 Å². The number of para-hydroxylation sites is 1. The van der Waals surface area contributed by atoms with E-state index in [1.165, 1.54) is 36.5 Å². The Hall–Kier alpha value is -3.49. The average molecular weight is 390 g/mol. The van der Waals surface area contributed by atoms with E-state index in [1.54, 1.807) is 12.1 Å². The highest BCUT2D eigenvalue weighted by Gasteiger charge is 2.33. The molecule has 28 heavy (non-hydrogen) atoms. The Labute approximate surface area is 157 Å². The van der Waals surface area contributed by atoms with Crippen molar-refractivity contribution in [3.63, 3.8) is 0 Å². The fourth-order valence-electron chi connectivity index (χ4n) is 2.38. The van der Waals surface area contributed by atoms with Crippen molar-refractivity contribution in [1.29, 1.82) is 0 Å². The maximum atomic E-state index is 13.0. The van der Waals surface area contributed by atoms with Gasteiger partial charge in [0, 0.05) is 12.7 Å². The molecule has 0 atom stereocenters. The van der Waals surface area contributed by atoms with Gasteiger partial charge < -0.3 is 10.6 Å². The Balaban J connectivity index is 1.72. The number of nitrogens with one attached hydrogen (secondary N) is 2.